The lowest BCUT2D eigenvalue weighted by Crippen LogP contribution is -2.41. The number of ether oxygens (including phenoxy) is 1. The molecule has 2 N–H and O–H groups in total. The van der Waals surface area contributed by atoms with Crippen molar-refractivity contribution in [2.75, 3.05) is 20.1 Å². The van der Waals surface area contributed by atoms with E-state index in [-0.39, 0.29) is 36.1 Å². The molecule has 1 heterocycles. The van der Waals surface area contributed by atoms with Gasteiger partial charge in [0.05, 0.1) is 12.6 Å². The maximum Gasteiger partial charge on any atom is 0.410 e. The largest absolute Gasteiger partial charge is 0.444 e. The Kier molecular flexibility index (Phi) is 12.0. The highest BCUT2D eigenvalue weighted by Gasteiger charge is 2.22. The first-order valence-electron chi connectivity index (χ1n) is 10.7. The van der Waals surface area contributed by atoms with E-state index in [2.05, 4.69) is 39.7 Å². The number of benzene rings is 1. The van der Waals surface area contributed by atoms with Crippen LogP contribution in [0.25, 0.3) is 0 Å². The van der Waals surface area contributed by atoms with Crippen LogP contribution in [0, 0.1) is 0 Å². The Bertz CT molecular complexity index is 825. The Morgan fingerprint density at radius 2 is 1.91 bits per heavy atom. The van der Waals surface area contributed by atoms with E-state index in [1.807, 2.05) is 51.1 Å². The Morgan fingerprint density at radius 1 is 1.19 bits per heavy atom. The van der Waals surface area contributed by atoms with Crippen molar-refractivity contribution in [3.63, 3.8) is 0 Å². The van der Waals surface area contributed by atoms with Crippen molar-refractivity contribution < 1.29 is 9.53 Å². The normalized spacial score (nSPS) is 12.3. The smallest absolute Gasteiger partial charge is 0.410 e. The fraction of sp³-hybridized carbons (Fsp3) is 0.458. The molecule has 1 atom stereocenters. The average Bonchev–Trinajstić information content (AvgIpc) is 2.75. The minimum absolute atomic E-state index is 0. The molecule has 8 heteroatoms. The van der Waals surface area contributed by atoms with E-state index < -0.39 is 5.60 Å². The van der Waals surface area contributed by atoms with Gasteiger partial charge in [-0.2, -0.15) is 0 Å². The maximum atomic E-state index is 12.7. The predicted octanol–water partition coefficient (Wildman–Crippen LogP) is 4.75. The molecule has 176 valence electrons. The zero-order valence-electron chi connectivity index (χ0n) is 19.7. The molecule has 1 amide bonds. The Hall–Kier alpha value is -2.36. The summed E-state index contributed by atoms with van der Waals surface area (Å²) in [7, 11) is 1.75. The van der Waals surface area contributed by atoms with Crippen molar-refractivity contribution in [3.8, 4) is 0 Å². The summed E-state index contributed by atoms with van der Waals surface area (Å²) in [6, 6.07) is 14.2. The SMILES string of the molecule is CN=C(NCCCN(Cc1cccnc1)C(=O)OC(C)(C)C)NC(C)c1ccccc1.I. The quantitative estimate of drug-likeness (QED) is 0.214. The number of nitrogens with zero attached hydrogens (tertiary/aromatic N) is 3. The number of carbonyl (C=O) groups excluding carboxylic acids is 1. The first-order chi connectivity index (χ1) is 14.8. The number of carbonyl (C=O) groups is 1. The van der Waals surface area contributed by atoms with Gasteiger partial charge < -0.3 is 20.3 Å². The number of aromatic nitrogens is 1. The van der Waals surface area contributed by atoms with Crippen LogP contribution >= 0.6 is 24.0 Å². The van der Waals surface area contributed by atoms with Crippen LogP contribution in [0.15, 0.2) is 59.9 Å². The molecule has 0 aliphatic heterocycles. The zero-order chi connectivity index (χ0) is 22.7. The zero-order valence-corrected chi connectivity index (χ0v) is 22.0. The number of guanidine groups is 1. The van der Waals surface area contributed by atoms with Crippen molar-refractivity contribution >= 4 is 36.0 Å². The third-order valence-electron chi connectivity index (χ3n) is 4.52. The van der Waals surface area contributed by atoms with E-state index in [0.717, 1.165) is 17.9 Å². The van der Waals surface area contributed by atoms with Gasteiger partial charge in [-0.15, -0.1) is 24.0 Å². The Morgan fingerprint density at radius 3 is 2.50 bits per heavy atom. The molecule has 0 aliphatic carbocycles. The van der Waals surface area contributed by atoms with Crippen molar-refractivity contribution in [2.24, 2.45) is 4.99 Å². The van der Waals surface area contributed by atoms with Crippen LogP contribution in [0.5, 0.6) is 0 Å². The molecule has 2 rings (SSSR count). The van der Waals surface area contributed by atoms with Crippen LogP contribution in [0.1, 0.15) is 51.3 Å². The highest BCUT2D eigenvalue weighted by molar-refractivity contribution is 14.0. The number of aliphatic imine (C=N–C) groups is 1. The van der Waals surface area contributed by atoms with Crippen LogP contribution in [-0.4, -0.2) is 47.7 Å². The van der Waals surface area contributed by atoms with Crippen LogP contribution in [-0.2, 0) is 11.3 Å². The van der Waals surface area contributed by atoms with E-state index in [0.29, 0.717) is 19.6 Å². The van der Waals surface area contributed by atoms with E-state index in [1.54, 1.807) is 24.3 Å². The van der Waals surface area contributed by atoms with E-state index >= 15 is 0 Å². The summed E-state index contributed by atoms with van der Waals surface area (Å²) in [5.41, 5.74) is 1.62. The van der Waals surface area contributed by atoms with Crippen molar-refractivity contribution in [1.82, 2.24) is 20.5 Å². The molecule has 7 nitrogen and oxygen atoms in total. The Labute approximate surface area is 209 Å². The topological polar surface area (TPSA) is 78.9 Å². The van der Waals surface area contributed by atoms with Crippen molar-refractivity contribution in [2.45, 2.75) is 52.3 Å². The van der Waals surface area contributed by atoms with Crippen LogP contribution in [0.2, 0.25) is 0 Å². The lowest BCUT2D eigenvalue weighted by molar-refractivity contribution is 0.0232. The summed E-state index contributed by atoms with van der Waals surface area (Å²) in [6.45, 7) is 9.41. The number of rotatable bonds is 8. The van der Waals surface area contributed by atoms with Gasteiger partial charge in [0.15, 0.2) is 5.96 Å². The standard InChI is InChI=1S/C24H35N5O2.HI/c1-19(21-12-7-6-8-13-21)28-22(25-5)27-15-10-16-29(23(30)31-24(2,3)4)18-20-11-9-14-26-17-20;/h6-9,11-14,17,19H,10,15-16,18H2,1-5H3,(H2,25,27,28);1H. The van der Waals surface area contributed by atoms with E-state index in [1.165, 1.54) is 5.56 Å². The van der Waals surface area contributed by atoms with Gasteiger partial charge >= 0.3 is 6.09 Å². The predicted molar refractivity (Wildman–Crippen MR) is 140 cm³/mol. The molecule has 0 spiro atoms. The summed E-state index contributed by atoms with van der Waals surface area (Å²) in [5, 5.41) is 6.71. The minimum atomic E-state index is -0.540. The number of halogens is 1. The Balaban J connectivity index is 0.00000512. The highest BCUT2D eigenvalue weighted by atomic mass is 127. The molecular weight excluding hydrogens is 517 g/mol. The van der Waals surface area contributed by atoms with Gasteiger partial charge in [-0.1, -0.05) is 36.4 Å². The maximum absolute atomic E-state index is 12.7. The summed E-state index contributed by atoms with van der Waals surface area (Å²) in [4.78, 5) is 22.8. The monoisotopic (exact) mass is 553 g/mol. The van der Waals surface area contributed by atoms with Gasteiger partial charge in [0.2, 0.25) is 0 Å². The van der Waals surface area contributed by atoms with E-state index in [4.69, 9.17) is 4.74 Å². The summed E-state index contributed by atoms with van der Waals surface area (Å²) >= 11 is 0. The molecule has 1 unspecified atom stereocenters. The highest BCUT2D eigenvalue weighted by Crippen LogP contribution is 2.13. The molecule has 0 aliphatic rings. The van der Waals surface area contributed by atoms with Gasteiger partial charge in [0.1, 0.15) is 5.60 Å². The second-order valence-corrected chi connectivity index (χ2v) is 8.39. The van der Waals surface area contributed by atoms with Gasteiger partial charge in [-0.25, -0.2) is 4.79 Å². The van der Waals surface area contributed by atoms with Gasteiger partial charge in [-0.05, 0) is 51.3 Å². The molecule has 2 aromatic rings. The molecule has 32 heavy (non-hydrogen) atoms. The molecule has 0 radical (unpaired) electrons. The third kappa shape index (κ3) is 10.3. The molecular formula is C24H36IN5O2. The lowest BCUT2D eigenvalue weighted by atomic mass is 10.1. The molecule has 0 bridgehead atoms. The first kappa shape index (κ1) is 27.7. The molecule has 0 saturated heterocycles. The molecule has 0 saturated carbocycles. The van der Waals surface area contributed by atoms with Crippen molar-refractivity contribution in [1.29, 1.82) is 0 Å². The fourth-order valence-corrected chi connectivity index (χ4v) is 2.97. The van der Waals surface area contributed by atoms with Crippen LogP contribution < -0.4 is 10.6 Å². The number of hydrogen-bond acceptors (Lipinski definition) is 4. The van der Waals surface area contributed by atoms with Gasteiger partial charge in [0, 0.05) is 32.5 Å². The number of amides is 1. The second kappa shape index (κ2) is 13.9. The van der Waals surface area contributed by atoms with E-state index in [9.17, 15) is 4.79 Å². The van der Waals surface area contributed by atoms with Crippen LogP contribution in [0.3, 0.4) is 0 Å². The van der Waals surface area contributed by atoms with Crippen LogP contribution in [0.4, 0.5) is 4.79 Å². The fourth-order valence-electron chi connectivity index (χ4n) is 2.97. The second-order valence-electron chi connectivity index (χ2n) is 8.39. The summed E-state index contributed by atoms with van der Waals surface area (Å²) in [6.07, 6.45) is 3.92. The van der Waals surface area contributed by atoms with Crippen molar-refractivity contribution in [3.05, 3.63) is 66.0 Å². The van der Waals surface area contributed by atoms with Gasteiger partial charge in [0.25, 0.3) is 0 Å². The molecule has 1 aromatic heterocycles. The number of pyridine rings is 1. The third-order valence-corrected chi connectivity index (χ3v) is 4.52. The average molecular weight is 553 g/mol. The first-order valence-corrected chi connectivity index (χ1v) is 10.7. The minimum Gasteiger partial charge on any atom is -0.444 e. The summed E-state index contributed by atoms with van der Waals surface area (Å²) in [5.74, 6) is 0.729. The molecule has 0 fully saturated rings. The lowest BCUT2D eigenvalue weighted by Gasteiger charge is -2.27. The summed E-state index contributed by atoms with van der Waals surface area (Å²) < 4.78 is 5.58. The molecule has 1 aromatic carbocycles. The van der Waals surface area contributed by atoms with Gasteiger partial charge in [-0.3, -0.25) is 9.98 Å². The number of hydrogen-bond donors (Lipinski definition) is 2. The number of nitrogens with one attached hydrogen (secondary N) is 2.